The number of thiophene rings is 1. The molecule has 2 amide bonds. The molecule has 282 valence electrons. The van der Waals surface area contributed by atoms with Crippen molar-refractivity contribution in [2.45, 2.75) is 50.9 Å². The Morgan fingerprint density at radius 1 is 0.889 bits per heavy atom. The molecule has 0 aliphatic carbocycles. The van der Waals surface area contributed by atoms with E-state index in [1.165, 1.54) is 23.5 Å². The minimum atomic E-state index is -0.852. The number of carbonyl (C=O) groups is 2. The van der Waals surface area contributed by atoms with Crippen LogP contribution in [0.4, 0.5) is 10.5 Å². The smallest absolute Gasteiger partial charge is 0.411 e. The fourth-order valence-electron chi connectivity index (χ4n) is 7.53. The number of likely N-dealkylation sites (tertiary alicyclic amines) is 2. The molecule has 2 saturated heterocycles. The number of aromatic nitrogens is 1. The molecule has 54 heavy (non-hydrogen) atoms. The van der Waals surface area contributed by atoms with Crippen LogP contribution in [-0.4, -0.2) is 82.4 Å². The number of piperidine rings is 2. The standard InChI is InChI=1S/C42H47N5O6S/c48-36-13-11-33(34-12-15-39(50)45-40(34)36)37(49)27-43-26-31-10-14-38(54-31)41(51)47-24-17-28(18-25-47)16-21-46-22-19-30(20-23-46)53-42(52)44-35-9-5-4-8-32(35)29-6-2-1-3-7-29/h1-15,28,30,37,43,48-49H,16-27H2,(H,44,52)(H,45,50)/t37-/m0/s1. The number of hydrogen-bond donors (Lipinski definition) is 5. The quantitative estimate of drug-likeness (QED) is 0.0943. The number of fused-ring (bicyclic) bond motifs is 1. The van der Waals surface area contributed by atoms with Crippen LogP contribution in [0.1, 0.15) is 58.3 Å². The summed E-state index contributed by atoms with van der Waals surface area (Å²) in [4.78, 5) is 46.6. The van der Waals surface area contributed by atoms with Crippen LogP contribution in [0.15, 0.2) is 95.8 Å². The van der Waals surface area contributed by atoms with Crippen LogP contribution in [0.2, 0.25) is 0 Å². The number of nitrogens with zero attached hydrogens (tertiary/aromatic N) is 2. The van der Waals surface area contributed by atoms with E-state index in [9.17, 15) is 24.6 Å². The van der Waals surface area contributed by atoms with E-state index >= 15 is 0 Å². The number of aliphatic hydroxyl groups is 1. The molecule has 11 nitrogen and oxygen atoms in total. The average Bonchev–Trinajstić information content (AvgIpc) is 3.67. The number of amides is 2. The number of anilines is 1. The molecular weight excluding hydrogens is 703 g/mol. The van der Waals surface area contributed by atoms with Gasteiger partial charge in [0.15, 0.2) is 0 Å². The van der Waals surface area contributed by atoms with Gasteiger partial charge in [-0.25, -0.2) is 4.79 Å². The number of aromatic amines is 1. The number of aliphatic hydroxyl groups excluding tert-OH is 1. The molecule has 0 spiro atoms. The second kappa shape index (κ2) is 17.4. The molecule has 2 aliphatic heterocycles. The first-order valence-electron chi connectivity index (χ1n) is 18.8. The van der Waals surface area contributed by atoms with E-state index in [0.29, 0.717) is 28.9 Å². The van der Waals surface area contributed by atoms with Crippen molar-refractivity contribution >= 4 is 39.9 Å². The van der Waals surface area contributed by atoms with Gasteiger partial charge >= 0.3 is 6.09 Å². The molecule has 2 fully saturated rings. The van der Waals surface area contributed by atoms with Crippen LogP contribution in [0, 0.1) is 5.92 Å². The van der Waals surface area contributed by atoms with Gasteiger partial charge in [0.2, 0.25) is 5.56 Å². The van der Waals surface area contributed by atoms with Crippen molar-refractivity contribution in [1.82, 2.24) is 20.1 Å². The van der Waals surface area contributed by atoms with Gasteiger partial charge in [-0.05, 0) is 86.0 Å². The lowest BCUT2D eigenvalue weighted by Crippen LogP contribution is -2.41. The van der Waals surface area contributed by atoms with Crippen molar-refractivity contribution in [3.05, 3.63) is 117 Å². The molecule has 5 aromatic rings. The fourth-order valence-corrected chi connectivity index (χ4v) is 8.47. The van der Waals surface area contributed by atoms with Crippen molar-refractivity contribution in [2.75, 3.05) is 44.6 Å². The summed E-state index contributed by atoms with van der Waals surface area (Å²) in [5, 5.41) is 27.8. The number of rotatable bonds is 12. The first-order valence-corrected chi connectivity index (χ1v) is 19.6. The highest BCUT2D eigenvalue weighted by Crippen LogP contribution is 2.30. The minimum Gasteiger partial charge on any atom is -0.506 e. The number of ether oxygens (including phenoxy) is 1. The highest BCUT2D eigenvalue weighted by atomic mass is 32.1. The molecule has 0 saturated carbocycles. The normalized spacial score (nSPS) is 16.4. The van der Waals surface area contributed by atoms with E-state index in [0.717, 1.165) is 91.4 Å². The first-order chi connectivity index (χ1) is 26.3. The SMILES string of the molecule is O=C(Nc1ccccc1-c1ccccc1)OC1CCN(CCC2CCN(C(=O)c3ccc(CNC[C@H](O)c4ccc(O)c5[nH]c(=O)ccc45)s3)CC2)CC1. The predicted molar refractivity (Wildman–Crippen MR) is 212 cm³/mol. The Morgan fingerprint density at radius 2 is 1.65 bits per heavy atom. The number of phenols is 1. The largest absolute Gasteiger partial charge is 0.506 e. The molecule has 0 unspecified atom stereocenters. The van der Waals surface area contributed by atoms with Gasteiger partial charge in [-0.1, -0.05) is 54.6 Å². The number of H-pyrrole nitrogens is 1. The Hall–Kier alpha value is -5.01. The summed E-state index contributed by atoms with van der Waals surface area (Å²) in [5.41, 5.74) is 3.33. The van der Waals surface area contributed by atoms with Crippen LogP contribution in [-0.2, 0) is 11.3 Å². The van der Waals surface area contributed by atoms with Crippen LogP contribution in [0.3, 0.4) is 0 Å². The number of pyridine rings is 1. The molecule has 4 heterocycles. The topological polar surface area (TPSA) is 147 Å². The van der Waals surface area contributed by atoms with Gasteiger partial charge in [0.1, 0.15) is 11.9 Å². The predicted octanol–water partition coefficient (Wildman–Crippen LogP) is 6.74. The van der Waals surface area contributed by atoms with Gasteiger partial charge in [-0.15, -0.1) is 11.3 Å². The lowest BCUT2D eigenvalue weighted by molar-refractivity contribution is 0.0548. The van der Waals surface area contributed by atoms with E-state index in [1.54, 1.807) is 12.1 Å². The van der Waals surface area contributed by atoms with Gasteiger partial charge in [0.05, 0.1) is 22.2 Å². The van der Waals surface area contributed by atoms with E-state index in [2.05, 4.69) is 20.5 Å². The van der Waals surface area contributed by atoms with Gasteiger partial charge in [-0.3, -0.25) is 14.9 Å². The Bertz CT molecular complexity index is 2100. The molecule has 2 aromatic heterocycles. The second-order valence-corrected chi connectivity index (χ2v) is 15.4. The molecule has 1 atom stereocenters. The molecule has 2 aliphatic rings. The van der Waals surface area contributed by atoms with E-state index < -0.39 is 12.2 Å². The highest BCUT2D eigenvalue weighted by Gasteiger charge is 2.27. The monoisotopic (exact) mass is 749 g/mol. The zero-order valence-corrected chi connectivity index (χ0v) is 31.0. The average molecular weight is 750 g/mol. The Morgan fingerprint density at radius 3 is 2.44 bits per heavy atom. The van der Waals surface area contributed by atoms with Crippen molar-refractivity contribution in [1.29, 1.82) is 0 Å². The summed E-state index contributed by atoms with van der Waals surface area (Å²) >= 11 is 1.47. The second-order valence-electron chi connectivity index (χ2n) is 14.2. The molecule has 5 N–H and O–H groups in total. The zero-order valence-electron chi connectivity index (χ0n) is 30.2. The lowest BCUT2D eigenvalue weighted by atomic mass is 9.93. The van der Waals surface area contributed by atoms with Gasteiger partial charge in [0, 0.05) is 61.2 Å². The summed E-state index contributed by atoms with van der Waals surface area (Å²) in [6, 6.07) is 27.7. The molecule has 0 bridgehead atoms. The van der Waals surface area contributed by atoms with Crippen molar-refractivity contribution in [3.8, 4) is 16.9 Å². The van der Waals surface area contributed by atoms with Crippen LogP contribution in [0.5, 0.6) is 5.75 Å². The van der Waals surface area contributed by atoms with Crippen LogP contribution >= 0.6 is 11.3 Å². The highest BCUT2D eigenvalue weighted by molar-refractivity contribution is 7.14. The Kier molecular flexibility index (Phi) is 12.0. The summed E-state index contributed by atoms with van der Waals surface area (Å²) in [5.74, 6) is 0.610. The zero-order chi connectivity index (χ0) is 37.4. The maximum atomic E-state index is 13.3. The number of carbonyl (C=O) groups excluding carboxylic acids is 2. The molecule has 7 rings (SSSR count). The third kappa shape index (κ3) is 9.19. The van der Waals surface area contributed by atoms with E-state index in [-0.39, 0.29) is 29.9 Å². The third-order valence-electron chi connectivity index (χ3n) is 10.6. The number of para-hydroxylation sites is 1. The molecular formula is C42H47N5O6S. The summed E-state index contributed by atoms with van der Waals surface area (Å²) in [6.07, 6.45) is 3.36. The Balaban J connectivity index is 0.792. The molecule has 3 aromatic carbocycles. The van der Waals surface area contributed by atoms with Gasteiger partial charge in [-0.2, -0.15) is 0 Å². The molecule has 12 heteroatoms. The summed E-state index contributed by atoms with van der Waals surface area (Å²) in [6.45, 7) is 5.10. The fraction of sp³-hybridized carbons (Fsp3) is 0.357. The first kappa shape index (κ1) is 37.3. The van der Waals surface area contributed by atoms with Crippen molar-refractivity contribution < 1.29 is 24.5 Å². The van der Waals surface area contributed by atoms with E-state index in [4.69, 9.17) is 4.74 Å². The van der Waals surface area contributed by atoms with E-state index in [1.807, 2.05) is 71.6 Å². The maximum absolute atomic E-state index is 13.3. The van der Waals surface area contributed by atoms with Crippen LogP contribution in [0.25, 0.3) is 22.0 Å². The number of phenolic OH excluding ortho intramolecular Hbond substituents is 1. The van der Waals surface area contributed by atoms with Crippen molar-refractivity contribution in [3.63, 3.8) is 0 Å². The molecule has 0 radical (unpaired) electrons. The number of aromatic hydroxyl groups is 1. The Labute approximate surface area is 318 Å². The van der Waals surface area contributed by atoms with Crippen molar-refractivity contribution in [2.24, 2.45) is 5.92 Å². The summed E-state index contributed by atoms with van der Waals surface area (Å²) in [7, 11) is 0. The summed E-state index contributed by atoms with van der Waals surface area (Å²) < 4.78 is 5.82. The number of nitrogens with one attached hydrogen (secondary N) is 3. The van der Waals surface area contributed by atoms with Crippen LogP contribution < -0.4 is 16.2 Å². The third-order valence-corrected chi connectivity index (χ3v) is 11.7. The van der Waals surface area contributed by atoms with Gasteiger partial charge in [0.25, 0.3) is 5.91 Å². The number of benzene rings is 3. The lowest BCUT2D eigenvalue weighted by Gasteiger charge is -2.35. The van der Waals surface area contributed by atoms with Gasteiger partial charge < -0.3 is 35.1 Å². The number of hydrogen-bond acceptors (Lipinski definition) is 9. The maximum Gasteiger partial charge on any atom is 0.411 e. The minimum absolute atomic E-state index is 0.0452.